The lowest BCUT2D eigenvalue weighted by molar-refractivity contribution is 0.661. The molecule has 60 heavy (non-hydrogen) atoms. The quantitative estimate of drug-likeness (QED) is 0.167. The summed E-state index contributed by atoms with van der Waals surface area (Å²) in [6.45, 7) is 4.83. The molecule has 9 aromatic carbocycles. The van der Waals surface area contributed by atoms with Gasteiger partial charge >= 0.3 is 0 Å². The Morgan fingerprint density at radius 3 is 1.88 bits per heavy atom. The van der Waals surface area contributed by atoms with E-state index < -0.39 is 0 Å². The third kappa shape index (κ3) is 4.75. The number of nitrogens with zero attached hydrogens (tertiary/aromatic N) is 2. The molecule has 0 saturated carbocycles. The molecule has 13 rings (SSSR count). The Morgan fingerprint density at radius 2 is 1.08 bits per heavy atom. The molecule has 0 saturated heterocycles. The van der Waals surface area contributed by atoms with Crippen LogP contribution >= 0.6 is 11.3 Å². The van der Waals surface area contributed by atoms with Gasteiger partial charge in [-0.2, -0.15) is 0 Å². The van der Waals surface area contributed by atoms with Crippen molar-refractivity contribution in [2.75, 3.05) is 0 Å². The van der Waals surface area contributed by atoms with Crippen molar-refractivity contribution >= 4 is 85.6 Å². The fraction of sp³-hybridized carbons (Fsp3) is 0.0526. The average Bonchev–Trinajstić information content (AvgIpc) is 3.80. The van der Waals surface area contributed by atoms with Gasteiger partial charge in [-0.05, 0) is 114 Å². The molecule has 0 amide bonds. The van der Waals surface area contributed by atoms with Crippen LogP contribution in [0.25, 0.3) is 119 Å². The molecule has 0 aliphatic heterocycles. The number of hydrogen-bond donors (Lipinski definition) is 0. The lowest BCUT2D eigenvalue weighted by atomic mass is 9.80. The molecule has 3 aromatic heterocycles. The third-order valence-electron chi connectivity index (χ3n) is 13.3. The van der Waals surface area contributed by atoms with Crippen molar-refractivity contribution in [3.63, 3.8) is 0 Å². The first-order valence-corrected chi connectivity index (χ1v) is 21.5. The van der Waals surface area contributed by atoms with Crippen LogP contribution in [0.15, 0.2) is 182 Å². The lowest BCUT2D eigenvalue weighted by Gasteiger charge is -2.23. The van der Waals surface area contributed by atoms with E-state index in [1.165, 1.54) is 97.0 Å². The van der Waals surface area contributed by atoms with Crippen molar-refractivity contribution in [3.05, 3.63) is 193 Å². The summed E-state index contributed by atoms with van der Waals surface area (Å²) in [6, 6.07) is 65.1. The summed E-state index contributed by atoms with van der Waals surface area (Å²) in [5.74, 6) is 0. The number of aromatic nitrogens is 2. The summed E-state index contributed by atoms with van der Waals surface area (Å²) >= 11 is 1.94. The zero-order valence-corrected chi connectivity index (χ0v) is 33.9. The number of pyridine rings is 2. The third-order valence-corrected chi connectivity index (χ3v) is 14.5. The SMILES string of the molecule is CC1(C)c2cc(-c3ccccc3)ccc2-c2c1cc(-c1ccc3c4ccc(-c5ccc6ccc7cccnc7c6n5)cc4c4ccccc4c3c1)c1c2sc2ccccc21. The molecular weight excluding hydrogens is 745 g/mol. The van der Waals surface area contributed by atoms with Crippen molar-refractivity contribution in [1.82, 2.24) is 9.97 Å². The second-order valence-corrected chi connectivity index (χ2v) is 17.9. The maximum absolute atomic E-state index is 5.21. The Labute approximate surface area is 351 Å². The molecule has 0 fully saturated rings. The summed E-state index contributed by atoms with van der Waals surface area (Å²) in [5, 5.41) is 12.4. The highest BCUT2D eigenvalue weighted by Gasteiger charge is 2.38. The fourth-order valence-electron chi connectivity index (χ4n) is 10.3. The van der Waals surface area contributed by atoms with Crippen LogP contribution in [-0.4, -0.2) is 9.97 Å². The van der Waals surface area contributed by atoms with Crippen LogP contribution in [-0.2, 0) is 5.41 Å². The maximum Gasteiger partial charge on any atom is 0.0972 e. The van der Waals surface area contributed by atoms with Gasteiger partial charge in [-0.15, -0.1) is 11.3 Å². The van der Waals surface area contributed by atoms with Gasteiger partial charge in [-0.25, -0.2) is 4.98 Å². The Balaban J connectivity index is 1.02. The normalized spacial score (nSPS) is 13.3. The van der Waals surface area contributed by atoms with Crippen LogP contribution < -0.4 is 0 Å². The minimum Gasteiger partial charge on any atom is -0.254 e. The number of thiophene rings is 1. The standard InChI is InChI=1S/C57H36N2S/c1-57(2)48-31-36(33-11-4-3-5-12-33)20-26-43(48)53-49(57)32-45(52-44-16-8-9-17-51(44)60-56(52)53)37-21-24-41-42-25-22-38(30-47(42)40-15-7-6-14-39(40)46(41)29-37)50-27-23-35-19-18-34-13-10-28-58-54(34)55(35)59-50/h3-32H,1-2H3. The summed E-state index contributed by atoms with van der Waals surface area (Å²) in [6.07, 6.45) is 1.85. The first kappa shape index (κ1) is 33.7. The molecule has 0 N–H and O–H groups in total. The van der Waals surface area contributed by atoms with Gasteiger partial charge in [0.1, 0.15) is 0 Å². The largest absolute Gasteiger partial charge is 0.254 e. The predicted molar refractivity (Wildman–Crippen MR) is 256 cm³/mol. The molecule has 2 nitrogen and oxygen atoms in total. The van der Waals surface area contributed by atoms with Crippen LogP contribution in [0.3, 0.4) is 0 Å². The Hall–Kier alpha value is -7.20. The molecule has 3 heteroatoms. The van der Waals surface area contributed by atoms with E-state index in [4.69, 9.17) is 9.97 Å². The van der Waals surface area contributed by atoms with Crippen LogP contribution in [0.1, 0.15) is 25.0 Å². The number of benzene rings is 9. The smallest absolute Gasteiger partial charge is 0.0972 e. The van der Waals surface area contributed by atoms with Gasteiger partial charge in [0.25, 0.3) is 0 Å². The van der Waals surface area contributed by atoms with Crippen LogP contribution in [0.5, 0.6) is 0 Å². The first-order valence-electron chi connectivity index (χ1n) is 20.7. The Morgan fingerprint density at radius 1 is 0.433 bits per heavy atom. The molecule has 0 spiro atoms. The average molecular weight is 781 g/mol. The molecule has 3 heterocycles. The van der Waals surface area contributed by atoms with E-state index in [-0.39, 0.29) is 5.41 Å². The maximum atomic E-state index is 5.21. The van der Waals surface area contributed by atoms with Gasteiger partial charge in [0, 0.05) is 53.7 Å². The monoisotopic (exact) mass is 780 g/mol. The summed E-state index contributed by atoms with van der Waals surface area (Å²) in [5.41, 5.74) is 14.4. The summed E-state index contributed by atoms with van der Waals surface area (Å²) in [7, 11) is 0. The molecular formula is C57H36N2S. The topological polar surface area (TPSA) is 25.8 Å². The van der Waals surface area contributed by atoms with E-state index in [9.17, 15) is 0 Å². The Kier molecular flexibility index (Phi) is 6.98. The number of fused-ring (bicyclic) bond motifs is 16. The fourth-order valence-corrected chi connectivity index (χ4v) is 11.6. The highest BCUT2D eigenvalue weighted by molar-refractivity contribution is 7.26. The van der Waals surface area contributed by atoms with E-state index >= 15 is 0 Å². The van der Waals surface area contributed by atoms with E-state index in [0.717, 1.165) is 33.1 Å². The van der Waals surface area contributed by atoms with Crippen molar-refractivity contribution in [3.8, 4) is 44.6 Å². The number of rotatable bonds is 3. The van der Waals surface area contributed by atoms with Crippen LogP contribution in [0.2, 0.25) is 0 Å². The number of hydrogen-bond acceptors (Lipinski definition) is 3. The minimum absolute atomic E-state index is 0.171. The second kappa shape index (κ2) is 12.4. The lowest BCUT2D eigenvalue weighted by Crippen LogP contribution is -2.15. The minimum atomic E-state index is -0.171. The van der Waals surface area contributed by atoms with Crippen molar-refractivity contribution in [2.45, 2.75) is 19.3 Å². The molecule has 0 radical (unpaired) electrons. The molecule has 280 valence electrons. The first-order chi connectivity index (χ1) is 29.5. The van der Waals surface area contributed by atoms with Gasteiger partial charge < -0.3 is 0 Å². The molecule has 1 aliphatic carbocycles. The predicted octanol–water partition coefficient (Wildman–Crippen LogP) is 15.9. The van der Waals surface area contributed by atoms with Crippen molar-refractivity contribution in [2.24, 2.45) is 0 Å². The van der Waals surface area contributed by atoms with Crippen LogP contribution in [0.4, 0.5) is 0 Å². The van der Waals surface area contributed by atoms with Gasteiger partial charge in [-0.3, -0.25) is 4.98 Å². The van der Waals surface area contributed by atoms with E-state index in [2.05, 4.69) is 184 Å². The van der Waals surface area contributed by atoms with Gasteiger partial charge in [0.05, 0.1) is 16.7 Å². The van der Waals surface area contributed by atoms with E-state index in [1.807, 2.05) is 23.6 Å². The van der Waals surface area contributed by atoms with Crippen molar-refractivity contribution < 1.29 is 0 Å². The van der Waals surface area contributed by atoms with E-state index in [1.54, 1.807) is 0 Å². The molecule has 0 atom stereocenters. The second-order valence-electron chi connectivity index (χ2n) is 16.9. The molecule has 0 bridgehead atoms. The zero-order valence-electron chi connectivity index (χ0n) is 33.1. The van der Waals surface area contributed by atoms with Crippen molar-refractivity contribution in [1.29, 1.82) is 0 Å². The van der Waals surface area contributed by atoms with Gasteiger partial charge in [0.2, 0.25) is 0 Å². The van der Waals surface area contributed by atoms with Crippen LogP contribution in [0, 0.1) is 0 Å². The highest BCUT2D eigenvalue weighted by atomic mass is 32.1. The van der Waals surface area contributed by atoms with Gasteiger partial charge in [-0.1, -0.05) is 147 Å². The van der Waals surface area contributed by atoms with E-state index in [0.29, 0.717) is 0 Å². The molecule has 1 aliphatic rings. The molecule has 12 aromatic rings. The summed E-state index contributed by atoms with van der Waals surface area (Å²) in [4.78, 5) is 9.93. The molecule has 0 unspecified atom stereocenters. The zero-order chi connectivity index (χ0) is 39.7. The highest BCUT2D eigenvalue weighted by Crippen LogP contribution is 2.57. The Bertz CT molecular complexity index is 3780. The van der Waals surface area contributed by atoms with Gasteiger partial charge in [0.15, 0.2) is 0 Å². The summed E-state index contributed by atoms with van der Waals surface area (Å²) < 4.78 is 2.71.